The van der Waals surface area contributed by atoms with E-state index in [0.29, 0.717) is 5.92 Å². The highest BCUT2D eigenvalue weighted by atomic mass is 19.1. The predicted molar refractivity (Wildman–Crippen MR) is 95.3 cm³/mol. The second kappa shape index (κ2) is 7.31. The smallest absolute Gasteiger partial charge is 0.123 e. The zero-order valence-electron chi connectivity index (χ0n) is 14.1. The fraction of sp³-hybridized carbons (Fsp3) is 0.500. The van der Waals surface area contributed by atoms with Crippen molar-refractivity contribution >= 4 is 5.69 Å². The number of nitrogens with zero attached hydrogens (tertiary/aromatic N) is 2. The summed E-state index contributed by atoms with van der Waals surface area (Å²) >= 11 is 0. The van der Waals surface area contributed by atoms with Crippen molar-refractivity contribution in [1.82, 2.24) is 4.90 Å². The fourth-order valence-corrected chi connectivity index (χ4v) is 3.58. The maximum Gasteiger partial charge on any atom is 0.123 e. The monoisotopic (exact) mass is 314 g/mol. The normalized spacial score (nSPS) is 22.8. The molecule has 1 atom stereocenters. The van der Waals surface area contributed by atoms with Crippen molar-refractivity contribution in [3.05, 3.63) is 53.9 Å². The number of allylic oxidation sites excluding steroid dienone is 2. The number of hydrogen-bond donors (Lipinski definition) is 0. The summed E-state index contributed by atoms with van der Waals surface area (Å²) in [5.41, 5.74) is 4.05. The summed E-state index contributed by atoms with van der Waals surface area (Å²) in [5.74, 6) is 0.527. The lowest BCUT2D eigenvalue weighted by Gasteiger charge is -2.37. The third kappa shape index (κ3) is 4.23. The molecule has 124 valence electrons. The van der Waals surface area contributed by atoms with Crippen LogP contribution in [0.3, 0.4) is 0 Å². The molecule has 1 aromatic carbocycles. The Hall–Kier alpha value is -1.61. The molecule has 0 aromatic heterocycles. The topological polar surface area (TPSA) is 6.48 Å². The van der Waals surface area contributed by atoms with Crippen molar-refractivity contribution in [1.29, 1.82) is 0 Å². The molecule has 1 saturated heterocycles. The molecule has 0 N–H and O–H groups in total. The molecule has 1 fully saturated rings. The van der Waals surface area contributed by atoms with Crippen molar-refractivity contribution in [3.8, 4) is 0 Å². The van der Waals surface area contributed by atoms with Crippen LogP contribution < -0.4 is 4.90 Å². The average Bonchev–Trinajstić information content (AvgIpc) is 2.57. The van der Waals surface area contributed by atoms with E-state index in [2.05, 4.69) is 29.4 Å². The van der Waals surface area contributed by atoms with Crippen LogP contribution >= 0.6 is 0 Å². The van der Waals surface area contributed by atoms with Crippen LogP contribution in [0.1, 0.15) is 26.2 Å². The van der Waals surface area contributed by atoms with Gasteiger partial charge in [0.25, 0.3) is 0 Å². The van der Waals surface area contributed by atoms with Gasteiger partial charge in [0.1, 0.15) is 5.82 Å². The van der Waals surface area contributed by atoms with E-state index in [-0.39, 0.29) is 5.82 Å². The van der Waals surface area contributed by atoms with Gasteiger partial charge in [-0.3, -0.25) is 4.90 Å². The molecule has 1 aliphatic heterocycles. The second-order valence-electron chi connectivity index (χ2n) is 6.92. The summed E-state index contributed by atoms with van der Waals surface area (Å²) in [6.07, 6.45) is 6.09. The van der Waals surface area contributed by atoms with E-state index in [1.165, 1.54) is 24.8 Å². The van der Waals surface area contributed by atoms with Crippen molar-refractivity contribution < 1.29 is 4.39 Å². The van der Waals surface area contributed by atoms with Gasteiger partial charge in [-0.1, -0.05) is 23.8 Å². The number of benzene rings is 1. The molecule has 1 heterocycles. The van der Waals surface area contributed by atoms with E-state index in [9.17, 15) is 4.39 Å². The molecule has 1 aromatic rings. The zero-order chi connectivity index (χ0) is 16.2. The molecule has 0 unspecified atom stereocenters. The summed E-state index contributed by atoms with van der Waals surface area (Å²) in [6.45, 7) is 11.6. The number of hydrogen-bond acceptors (Lipinski definition) is 2. The Morgan fingerprint density at radius 2 is 1.87 bits per heavy atom. The van der Waals surface area contributed by atoms with Crippen LogP contribution in [0.25, 0.3) is 0 Å². The Kier molecular flexibility index (Phi) is 5.16. The Morgan fingerprint density at radius 1 is 1.17 bits per heavy atom. The molecule has 23 heavy (non-hydrogen) atoms. The molecule has 2 aliphatic rings. The van der Waals surface area contributed by atoms with Crippen molar-refractivity contribution in [3.63, 3.8) is 0 Å². The van der Waals surface area contributed by atoms with Crippen LogP contribution in [0.15, 0.2) is 48.1 Å². The van der Waals surface area contributed by atoms with Gasteiger partial charge in [-0.2, -0.15) is 0 Å². The highest BCUT2D eigenvalue weighted by Gasteiger charge is 2.20. The highest BCUT2D eigenvalue weighted by molar-refractivity contribution is 5.46. The zero-order valence-corrected chi connectivity index (χ0v) is 14.1. The summed E-state index contributed by atoms with van der Waals surface area (Å²) < 4.78 is 13.0. The molecule has 0 bridgehead atoms. The quantitative estimate of drug-likeness (QED) is 0.767. The SMILES string of the molecule is C=C(C)[C@H]1CC=C(CN2CCN(c3ccc(F)cc3)CC2)CC1. The molecule has 1 aliphatic carbocycles. The minimum atomic E-state index is -0.162. The predicted octanol–water partition coefficient (Wildman–Crippen LogP) is 4.25. The minimum Gasteiger partial charge on any atom is -0.369 e. The molecule has 3 heteroatoms. The van der Waals surface area contributed by atoms with Crippen LogP contribution in [-0.2, 0) is 0 Å². The Labute approximate surface area is 139 Å². The Bertz CT molecular complexity index is 568. The molecule has 0 amide bonds. The molecule has 0 saturated carbocycles. The summed E-state index contributed by atoms with van der Waals surface area (Å²) in [7, 11) is 0. The van der Waals surface area contributed by atoms with Gasteiger partial charge in [0, 0.05) is 38.4 Å². The summed E-state index contributed by atoms with van der Waals surface area (Å²) in [6, 6.07) is 6.86. The molecule has 3 rings (SSSR count). The minimum absolute atomic E-state index is 0.162. The lowest BCUT2D eigenvalue weighted by molar-refractivity contribution is 0.273. The van der Waals surface area contributed by atoms with E-state index >= 15 is 0 Å². The Morgan fingerprint density at radius 3 is 2.43 bits per heavy atom. The van der Waals surface area contributed by atoms with E-state index in [4.69, 9.17) is 0 Å². The second-order valence-corrected chi connectivity index (χ2v) is 6.92. The lowest BCUT2D eigenvalue weighted by Crippen LogP contribution is -2.47. The fourth-order valence-electron chi connectivity index (χ4n) is 3.58. The lowest BCUT2D eigenvalue weighted by atomic mass is 9.85. The van der Waals surface area contributed by atoms with Gasteiger partial charge in [-0.25, -0.2) is 4.39 Å². The third-order valence-electron chi connectivity index (χ3n) is 5.19. The number of anilines is 1. The molecule has 2 nitrogen and oxygen atoms in total. The van der Waals surface area contributed by atoms with E-state index in [1.54, 1.807) is 17.7 Å². The van der Waals surface area contributed by atoms with E-state index in [1.807, 2.05) is 12.1 Å². The van der Waals surface area contributed by atoms with Gasteiger partial charge in [-0.05, 0) is 56.4 Å². The molecule has 0 spiro atoms. The van der Waals surface area contributed by atoms with Gasteiger partial charge in [-0.15, -0.1) is 0 Å². The van der Waals surface area contributed by atoms with Crippen LogP contribution in [0.4, 0.5) is 10.1 Å². The van der Waals surface area contributed by atoms with E-state index in [0.717, 1.165) is 38.4 Å². The number of halogens is 1. The molecule has 0 radical (unpaired) electrons. The largest absolute Gasteiger partial charge is 0.369 e. The third-order valence-corrected chi connectivity index (χ3v) is 5.19. The van der Waals surface area contributed by atoms with Crippen molar-refractivity contribution in [2.45, 2.75) is 26.2 Å². The van der Waals surface area contributed by atoms with Crippen LogP contribution in [-0.4, -0.2) is 37.6 Å². The number of rotatable bonds is 4. The molecular formula is C20H27FN2. The van der Waals surface area contributed by atoms with Gasteiger partial charge in [0.2, 0.25) is 0 Å². The molecular weight excluding hydrogens is 287 g/mol. The van der Waals surface area contributed by atoms with Gasteiger partial charge < -0.3 is 4.90 Å². The first-order chi connectivity index (χ1) is 11.1. The first-order valence-electron chi connectivity index (χ1n) is 8.68. The van der Waals surface area contributed by atoms with Gasteiger partial charge in [0.05, 0.1) is 0 Å². The van der Waals surface area contributed by atoms with Gasteiger partial charge in [0.15, 0.2) is 0 Å². The average molecular weight is 314 g/mol. The first-order valence-corrected chi connectivity index (χ1v) is 8.68. The Balaban J connectivity index is 1.48. The van der Waals surface area contributed by atoms with E-state index < -0.39 is 0 Å². The van der Waals surface area contributed by atoms with Crippen LogP contribution in [0, 0.1) is 11.7 Å². The maximum atomic E-state index is 13.0. The highest BCUT2D eigenvalue weighted by Crippen LogP contribution is 2.28. The maximum absolute atomic E-state index is 13.0. The summed E-state index contributed by atoms with van der Waals surface area (Å²) in [4.78, 5) is 4.90. The summed E-state index contributed by atoms with van der Waals surface area (Å²) in [5, 5.41) is 0. The van der Waals surface area contributed by atoms with Crippen LogP contribution in [0.5, 0.6) is 0 Å². The number of piperazine rings is 1. The van der Waals surface area contributed by atoms with Crippen molar-refractivity contribution in [2.24, 2.45) is 5.92 Å². The first kappa shape index (κ1) is 16.3. The van der Waals surface area contributed by atoms with Crippen LogP contribution in [0.2, 0.25) is 0 Å². The van der Waals surface area contributed by atoms with Gasteiger partial charge >= 0.3 is 0 Å². The van der Waals surface area contributed by atoms with Crippen molar-refractivity contribution in [2.75, 3.05) is 37.6 Å². The standard InChI is InChI=1S/C20H27FN2/c1-16(2)18-5-3-17(4-6-18)15-22-11-13-23(14-12-22)20-9-7-19(21)8-10-20/h3,7-10,18H,1,4-6,11-15H2,2H3/t18-/m0/s1.